The predicted molar refractivity (Wildman–Crippen MR) is 75.7 cm³/mol. The molecule has 0 atom stereocenters. The summed E-state index contributed by atoms with van der Waals surface area (Å²) in [6.07, 6.45) is 1.46. The van der Waals surface area contributed by atoms with Crippen LogP contribution in [0.2, 0.25) is 0 Å². The van der Waals surface area contributed by atoms with E-state index in [4.69, 9.17) is 9.63 Å². The Kier molecular flexibility index (Phi) is 4.50. The maximum Gasteiger partial charge on any atom is 0.323 e. The Balaban J connectivity index is 2.21. The quantitative estimate of drug-likeness (QED) is 0.822. The molecule has 0 unspecified atom stereocenters. The van der Waals surface area contributed by atoms with Crippen molar-refractivity contribution in [1.82, 2.24) is 10.1 Å². The second-order valence-electron chi connectivity index (χ2n) is 4.31. The van der Waals surface area contributed by atoms with Crippen LogP contribution in [0, 0.1) is 0 Å². The van der Waals surface area contributed by atoms with E-state index in [-0.39, 0.29) is 12.2 Å². The van der Waals surface area contributed by atoms with Crippen LogP contribution in [-0.4, -0.2) is 40.1 Å². The zero-order valence-corrected chi connectivity index (χ0v) is 11.2. The number of carbonyl (C=O) groups excluding carboxylic acids is 1. The Morgan fingerprint density at radius 2 is 2.05 bits per heavy atom. The Morgan fingerprint density at radius 1 is 1.33 bits per heavy atom. The van der Waals surface area contributed by atoms with Crippen LogP contribution < -0.4 is 0 Å². The average molecular weight is 286 g/mol. The van der Waals surface area contributed by atoms with Gasteiger partial charge in [0.15, 0.2) is 11.5 Å². The van der Waals surface area contributed by atoms with Crippen LogP contribution in [-0.2, 0) is 4.79 Å². The SMILES string of the molecule is C=CCN(CC(=O)O)C(=O)c1cc(-c2ccccc2)on1. The van der Waals surface area contributed by atoms with E-state index < -0.39 is 18.4 Å². The first kappa shape index (κ1) is 14.5. The number of hydrogen-bond acceptors (Lipinski definition) is 4. The smallest absolute Gasteiger partial charge is 0.323 e. The molecule has 0 aliphatic heterocycles. The van der Waals surface area contributed by atoms with E-state index in [2.05, 4.69) is 11.7 Å². The van der Waals surface area contributed by atoms with Crippen molar-refractivity contribution < 1.29 is 19.2 Å². The van der Waals surface area contributed by atoms with E-state index in [1.807, 2.05) is 30.3 Å². The normalized spacial score (nSPS) is 10.1. The van der Waals surface area contributed by atoms with Gasteiger partial charge in [-0.05, 0) is 0 Å². The summed E-state index contributed by atoms with van der Waals surface area (Å²) < 4.78 is 5.13. The minimum absolute atomic E-state index is 0.0666. The van der Waals surface area contributed by atoms with Crippen molar-refractivity contribution in [2.45, 2.75) is 0 Å². The van der Waals surface area contributed by atoms with Crippen molar-refractivity contribution in [3.63, 3.8) is 0 Å². The summed E-state index contributed by atoms with van der Waals surface area (Å²) in [5.74, 6) is -1.16. The average Bonchev–Trinajstić information content (AvgIpc) is 2.96. The van der Waals surface area contributed by atoms with Crippen molar-refractivity contribution in [1.29, 1.82) is 0 Å². The van der Waals surface area contributed by atoms with Crippen molar-refractivity contribution in [3.8, 4) is 11.3 Å². The minimum Gasteiger partial charge on any atom is -0.480 e. The first-order chi connectivity index (χ1) is 10.1. The van der Waals surface area contributed by atoms with Gasteiger partial charge in [-0.2, -0.15) is 0 Å². The molecule has 108 valence electrons. The van der Waals surface area contributed by atoms with Gasteiger partial charge in [0.25, 0.3) is 5.91 Å². The van der Waals surface area contributed by atoms with E-state index >= 15 is 0 Å². The van der Waals surface area contributed by atoms with E-state index in [1.54, 1.807) is 0 Å². The Hall–Kier alpha value is -2.89. The number of carboxylic acid groups (broad SMARTS) is 1. The molecule has 6 heteroatoms. The lowest BCUT2D eigenvalue weighted by Gasteiger charge is -2.16. The number of rotatable bonds is 6. The molecule has 21 heavy (non-hydrogen) atoms. The van der Waals surface area contributed by atoms with Crippen LogP contribution in [0.5, 0.6) is 0 Å². The molecule has 1 aromatic heterocycles. The number of carboxylic acids is 1. The lowest BCUT2D eigenvalue weighted by molar-refractivity contribution is -0.137. The van der Waals surface area contributed by atoms with E-state index in [1.165, 1.54) is 12.1 Å². The van der Waals surface area contributed by atoms with Crippen LogP contribution in [0.15, 0.2) is 53.6 Å². The highest BCUT2D eigenvalue weighted by molar-refractivity contribution is 5.94. The van der Waals surface area contributed by atoms with Gasteiger partial charge in [0.1, 0.15) is 6.54 Å². The molecule has 0 spiro atoms. The second-order valence-corrected chi connectivity index (χ2v) is 4.31. The molecule has 2 rings (SSSR count). The van der Waals surface area contributed by atoms with Crippen molar-refractivity contribution in [2.24, 2.45) is 0 Å². The van der Waals surface area contributed by atoms with Crippen LogP contribution >= 0.6 is 0 Å². The van der Waals surface area contributed by atoms with Crippen LogP contribution in [0.1, 0.15) is 10.5 Å². The number of hydrogen-bond donors (Lipinski definition) is 1. The van der Waals surface area contributed by atoms with Gasteiger partial charge in [-0.3, -0.25) is 9.59 Å². The third-order valence-corrected chi connectivity index (χ3v) is 2.75. The maximum absolute atomic E-state index is 12.2. The van der Waals surface area contributed by atoms with E-state index in [0.717, 1.165) is 10.5 Å². The zero-order chi connectivity index (χ0) is 15.2. The molecule has 1 N–H and O–H groups in total. The summed E-state index contributed by atoms with van der Waals surface area (Å²) >= 11 is 0. The van der Waals surface area contributed by atoms with Gasteiger partial charge in [-0.1, -0.05) is 41.6 Å². The molecule has 0 saturated carbocycles. The Labute approximate surface area is 121 Å². The number of amides is 1. The van der Waals surface area contributed by atoms with Crippen LogP contribution in [0.3, 0.4) is 0 Å². The summed E-state index contributed by atoms with van der Waals surface area (Å²) in [6, 6.07) is 10.7. The largest absolute Gasteiger partial charge is 0.480 e. The maximum atomic E-state index is 12.2. The third kappa shape index (κ3) is 3.56. The summed E-state index contributed by atoms with van der Waals surface area (Å²) in [5.41, 5.74) is 0.856. The lowest BCUT2D eigenvalue weighted by atomic mass is 10.1. The van der Waals surface area contributed by atoms with Gasteiger partial charge in [0.2, 0.25) is 0 Å². The van der Waals surface area contributed by atoms with Gasteiger partial charge in [-0.15, -0.1) is 6.58 Å². The third-order valence-electron chi connectivity index (χ3n) is 2.75. The highest BCUT2D eigenvalue weighted by Gasteiger charge is 2.21. The predicted octanol–water partition coefficient (Wildman–Crippen LogP) is 2.05. The molecule has 6 nitrogen and oxygen atoms in total. The highest BCUT2D eigenvalue weighted by Crippen LogP contribution is 2.20. The van der Waals surface area contributed by atoms with Gasteiger partial charge >= 0.3 is 5.97 Å². The first-order valence-corrected chi connectivity index (χ1v) is 6.26. The fraction of sp³-hybridized carbons (Fsp3) is 0.133. The van der Waals surface area contributed by atoms with Crippen molar-refractivity contribution in [2.75, 3.05) is 13.1 Å². The Morgan fingerprint density at radius 3 is 2.67 bits per heavy atom. The molecule has 1 aromatic carbocycles. The summed E-state index contributed by atoms with van der Waals surface area (Å²) in [5, 5.41) is 12.5. The number of aromatic nitrogens is 1. The van der Waals surface area contributed by atoms with Crippen molar-refractivity contribution >= 4 is 11.9 Å². The molecule has 0 fully saturated rings. The molecular weight excluding hydrogens is 272 g/mol. The van der Waals surface area contributed by atoms with Crippen molar-refractivity contribution in [3.05, 3.63) is 54.7 Å². The van der Waals surface area contributed by atoms with Crippen LogP contribution in [0.25, 0.3) is 11.3 Å². The van der Waals surface area contributed by atoms with Gasteiger partial charge < -0.3 is 14.5 Å². The number of aliphatic carboxylic acids is 1. The Bertz CT molecular complexity index is 649. The monoisotopic (exact) mass is 286 g/mol. The standard InChI is InChI=1S/C15H14N2O4/c1-2-8-17(10-14(18)19)15(20)12-9-13(21-16-12)11-6-4-3-5-7-11/h2-7,9H,1,8,10H2,(H,18,19). The van der Waals surface area contributed by atoms with E-state index in [0.29, 0.717) is 5.76 Å². The number of nitrogens with zero attached hydrogens (tertiary/aromatic N) is 2. The second kappa shape index (κ2) is 6.51. The molecule has 0 aliphatic rings. The molecular formula is C15H14N2O4. The molecule has 0 aliphatic carbocycles. The fourth-order valence-corrected chi connectivity index (χ4v) is 1.81. The number of benzene rings is 1. The summed E-state index contributed by atoms with van der Waals surface area (Å²) in [7, 11) is 0. The molecule has 2 aromatic rings. The fourth-order valence-electron chi connectivity index (χ4n) is 1.81. The van der Waals surface area contributed by atoms with Crippen LogP contribution in [0.4, 0.5) is 0 Å². The first-order valence-electron chi connectivity index (χ1n) is 6.26. The summed E-state index contributed by atoms with van der Waals surface area (Å²) in [6.45, 7) is 3.21. The van der Waals surface area contributed by atoms with Gasteiger partial charge in [-0.25, -0.2) is 0 Å². The summed E-state index contributed by atoms with van der Waals surface area (Å²) in [4.78, 5) is 24.1. The molecule has 0 saturated heterocycles. The molecule has 0 radical (unpaired) electrons. The molecule has 0 bridgehead atoms. The highest BCUT2D eigenvalue weighted by atomic mass is 16.5. The van der Waals surface area contributed by atoms with Gasteiger partial charge in [0, 0.05) is 18.2 Å². The van der Waals surface area contributed by atoms with E-state index in [9.17, 15) is 9.59 Å². The lowest BCUT2D eigenvalue weighted by Crippen LogP contribution is -2.35. The number of carbonyl (C=O) groups is 2. The minimum atomic E-state index is -1.10. The topological polar surface area (TPSA) is 83.6 Å². The van der Waals surface area contributed by atoms with Gasteiger partial charge in [0.05, 0.1) is 0 Å². The molecule has 1 heterocycles. The molecule has 1 amide bonds. The zero-order valence-electron chi connectivity index (χ0n) is 11.2.